The van der Waals surface area contributed by atoms with E-state index >= 15 is 0 Å². The van der Waals surface area contributed by atoms with E-state index in [9.17, 15) is 4.79 Å². The molecule has 1 fully saturated rings. The lowest BCUT2D eigenvalue weighted by molar-refractivity contribution is -0.134. The summed E-state index contributed by atoms with van der Waals surface area (Å²) in [5.41, 5.74) is 4.11. The topological polar surface area (TPSA) is 29.5 Å². The normalized spacial score (nSPS) is 27.1. The van der Waals surface area contributed by atoms with Gasteiger partial charge in [0.2, 0.25) is 0 Å². The Morgan fingerprint density at radius 1 is 1.22 bits per heavy atom. The van der Waals surface area contributed by atoms with Gasteiger partial charge in [-0.05, 0) is 67.6 Å². The third-order valence-electron chi connectivity index (χ3n) is 6.75. The Hall–Kier alpha value is -2.13. The van der Waals surface area contributed by atoms with Crippen molar-refractivity contribution in [2.45, 2.75) is 51.0 Å². The minimum atomic E-state index is -0.142. The van der Waals surface area contributed by atoms with Gasteiger partial charge >= 0.3 is 5.97 Å². The minimum absolute atomic E-state index is 0.0147. The van der Waals surface area contributed by atoms with Crippen molar-refractivity contribution in [3.05, 3.63) is 65.2 Å². The molecule has 3 heteroatoms. The quantitative estimate of drug-likeness (QED) is 0.588. The van der Waals surface area contributed by atoms with Crippen molar-refractivity contribution >= 4 is 5.97 Å². The second-order valence-corrected chi connectivity index (χ2v) is 8.17. The van der Waals surface area contributed by atoms with Crippen LogP contribution in [0.15, 0.2) is 48.5 Å². The summed E-state index contributed by atoms with van der Waals surface area (Å²) in [6.45, 7) is 5.48. The smallest absolute Gasteiger partial charge is 0.311 e. The third kappa shape index (κ3) is 2.98. The zero-order valence-corrected chi connectivity index (χ0v) is 16.6. The molecule has 0 N–H and O–H groups in total. The van der Waals surface area contributed by atoms with Gasteiger partial charge in [-0.3, -0.25) is 4.79 Å². The standard InChI is InChI=1S/C24H29NO2/c1-4-8-23(26)27-20-12-11-18-15-22-17(2)24(21(18)16-20,13-14-25(22)3)19-9-6-5-7-10-19/h5-7,9-12,16-17,22H,4,8,13-15H2,1-3H3. The molecule has 3 unspecified atom stereocenters. The minimum Gasteiger partial charge on any atom is -0.427 e. The van der Waals surface area contributed by atoms with Crippen molar-refractivity contribution in [1.82, 2.24) is 4.90 Å². The molecule has 2 aromatic rings. The number of esters is 1. The first-order valence-corrected chi connectivity index (χ1v) is 10.2. The Labute approximate surface area is 162 Å². The largest absolute Gasteiger partial charge is 0.427 e. The summed E-state index contributed by atoms with van der Waals surface area (Å²) < 4.78 is 5.65. The van der Waals surface area contributed by atoms with Gasteiger partial charge in [-0.15, -0.1) is 0 Å². The fourth-order valence-electron chi connectivity index (χ4n) is 5.29. The number of piperidine rings is 1. The molecule has 3 nitrogen and oxygen atoms in total. The highest BCUT2D eigenvalue weighted by molar-refractivity contribution is 5.72. The third-order valence-corrected chi connectivity index (χ3v) is 6.75. The number of hydrogen-bond donors (Lipinski definition) is 0. The Morgan fingerprint density at radius 2 is 2.00 bits per heavy atom. The van der Waals surface area contributed by atoms with E-state index in [0.29, 0.717) is 24.1 Å². The summed E-state index contributed by atoms with van der Waals surface area (Å²) in [5.74, 6) is 1.05. The molecule has 1 aliphatic heterocycles. The van der Waals surface area contributed by atoms with Crippen molar-refractivity contribution in [1.29, 1.82) is 0 Å². The number of carbonyl (C=O) groups is 1. The van der Waals surface area contributed by atoms with Crippen LogP contribution in [0.25, 0.3) is 0 Å². The maximum atomic E-state index is 12.0. The predicted octanol–water partition coefficient (Wildman–Crippen LogP) is 4.57. The van der Waals surface area contributed by atoms with Crippen LogP contribution in [-0.4, -0.2) is 30.5 Å². The van der Waals surface area contributed by atoms with Crippen LogP contribution in [0.2, 0.25) is 0 Å². The number of ether oxygens (including phenoxy) is 1. The van der Waals surface area contributed by atoms with Crippen LogP contribution < -0.4 is 4.74 Å². The average Bonchev–Trinajstić information content (AvgIpc) is 2.67. The van der Waals surface area contributed by atoms with Crippen molar-refractivity contribution in [3.8, 4) is 5.75 Å². The fraction of sp³-hybridized carbons (Fsp3) is 0.458. The summed E-state index contributed by atoms with van der Waals surface area (Å²) in [4.78, 5) is 14.5. The molecule has 0 amide bonds. The molecule has 0 spiro atoms. The van der Waals surface area contributed by atoms with Gasteiger partial charge < -0.3 is 9.64 Å². The molecule has 2 aromatic carbocycles. The van der Waals surface area contributed by atoms with Crippen LogP contribution in [0.3, 0.4) is 0 Å². The van der Waals surface area contributed by atoms with Gasteiger partial charge in [0, 0.05) is 17.9 Å². The van der Waals surface area contributed by atoms with E-state index in [1.54, 1.807) is 0 Å². The van der Waals surface area contributed by atoms with Gasteiger partial charge in [0.15, 0.2) is 0 Å². The summed E-state index contributed by atoms with van der Waals surface area (Å²) in [6, 6.07) is 17.7. The Morgan fingerprint density at radius 3 is 2.74 bits per heavy atom. The van der Waals surface area contributed by atoms with Gasteiger partial charge in [0.1, 0.15) is 5.75 Å². The number of rotatable bonds is 4. The molecule has 0 aromatic heterocycles. The maximum Gasteiger partial charge on any atom is 0.311 e. The first kappa shape index (κ1) is 18.2. The number of fused-ring (bicyclic) bond motifs is 4. The summed E-state index contributed by atoms with van der Waals surface area (Å²) >= 11 is 0. The number of benzene rings is 2. The molecule has 0 saturated carbocycles. The predicted molar refractivity (Wildman–Crippen MR) is 108 cm³/mol. The Balaban J connectivity index is 1.83. The van der Waals surface area contributed by atoms with E-state index in [0.717, 1.165) is 25.8 Å². The molecule has 1 heterocycles. The SMILES string of the molecule is CCCC(=O)Oc1ccc2c(c1)C1(c3ccccc3)CCN(C)C(C2)C1C. The monoisotopic (exact) mass is 363 g/mol. The highest BCUT2D eigenvalue weighted by Crippen LogP contribution is 2.53. The molecule has 0 radical (unpaired) electrons. The van der Waals surface area contributed by atoms with Crippen molar-refractivity contribution in [2.24, 2.45) is 5.92 Å². The lowest BCUT2D eigenvalue weighted by atomic mass is 9.55. The first-order valence-electron chi connectivity index (χ1n) is 10.2. The van der Waals surface area contributed by atoms with E-state index in [-0.39, 0.29) is 11.4 Å². The van der Waals surface area contributed by atoms with Crippen LogP contribution >= 0.6 is 0 Å². The van der Waals surface area contributed by atoms with Crippen molar-refractivity contribution in [3.63, 3.8) is 0 Å². The molecule has 3 atom stereocenters. The van der Waals surface area contributed by atoms with E-state index in [2.05, 4.69) is 61.3 Å². The van der Waals surface area contributed by atoms with E-state index < -0.39 is 0 Å². The zero-order chi connectivity index (χ0) is 19.0. The van der Waals surface area contributed by atoms with Gasteiger partial charge in [0.25, 0.3) is 0 Å². The second kappa shape index (κ2) is 7.12. The van der Waals surface area contributed by atoms with Crippen molar-refractivity contribution < 1.29 is 9.53 Å². The van der Waals surface area contributed by atoms with E-state index in [1.807, 2.05) is 13.0 Å². The highest BCUT2D eigenvalue weighted by Gasteiger charge is 2.51. The summed E-state index contributed by atoms with van der Waals surface area (Å²) in [5, 5.41) is 0. The van der Waals surface area contributed by atoms with Gasteiger partial charge in [-0.25, -0.2) is 0 Å². The van der Waals surface area contributed by atoms with Crippen LogP contribution in [0, 0.1) is 5.92 Å². The summed E-state index contributed by atoms with van der Waals surface area (Å²) in [6.07, 6.45) is 3.42. The second-order valence-electron chi connectivity index (χ2n) is 8.17. The Kier molecular flexibility index (Phi) is 4.81. The molecule has 27 heavy (non-hydrogen) atoms. The molecule has 1 saturated heterocycles. The molecule has 1 aliphatic carbocycles. The number of likely N-dealkylation sites (N-methyl/N-ethyl adjacent to an activating group) is 1. The average molecular weight is 364 g/mol. The van der Waals surface area contributed by atoms with Crippen LogP contribution in [-0.2, 0) is 16.6 Å². The molecule has 2 aliphatic rings. The first-order chi connectivity index (χ1) is 13.1. The number of hydrogen-bond acceptors (Lipinski definition) is 3. The van der Waals surface area contributed by atoms with Crippen LogP contribution in [0.5, 0.6) is 5.75 Å². The summed E-state index contributed by atoms with van der Waals surface area (Å²) in [7, 11) is 2.25. The molecule has 2 bridgehead atoms. The van der Waals surface area contributed by atoms with Crippen molar-refractivity contribution in [2.75, 3.05) is 13.6 Å². The van der Waals surface area contributed by atoms with E-state index in [1.165, 1.54) is 16.7 Å². The molecule has 142 valence electrons. The van der Waals surface area contributed by atoms with Gasteiger partial charge in [-0.1, -0.05) is 50.2 Å². The molecular formula is C24H29NO2. The van der Waals surface area contributed by atoms with Crippen LogP contribution in [0.1, 0.15) is 49.8 Å². The number of carbonyl (C=O) groups excluding carboxylic acids is 1. The Bertz CT molecular complexity index is 832. The fourth-order valence-corrected chi connectivity index (χ4v) is 5.29. The number of likely N-dealkylation sites (tertiary alicyclic amines) is 1. The highest BCUT2D eigenvalue weighted by atomic mass is 16.5. The lowest BCUT2D eigenvalue weighted by Crippen LogP contribution is -2.58. The molecular weight excluding hydrogens is 334 g/mol. The van der Waals surface area contributed by atoms with E-state index in [4.69, 9.17) is 4.74 Å². The van der Waals surface area contributed by atoms with Gasteiger partial charge in [-0.2, -0.15) is 0 Å². The number of nitrogens with zero attached hydrogens (tertiary/aromatic N) is 1. The zero-order valence-electron chi connectivity index (χ0n) is 16.6. The lowest BCUT2D eigenvalue weighted by Gasteiger charge is -2.55. The molecule has 4 rings (SSSR count). The van der Waals surface area contributed by atoms with Gasteiger partial charge in [0.05, 0.1) is 0 Å². The maximum absolute atomic E-state index is 12.0. The van der Waals surface area contributed by atoms with Crippen LogP contribution in [0.4, 0.5) is 0 Å².